The van der Waals surface area contributed by atoms with Crippen molar-refractivity contribution in [3.8, 4) is 0 Å². The number of thiophene rings is 1. The monoisotopic (exact) mass is 196 g/mol. The quantitative estimate of drug-likeness (QED) is 0.684. The molecule has 1 atom stereocenters. The molecule has 1 aromatic rings. The average Bonchev–Trinajstić information content (AvgIpc) is 2.48. The summed E-state index contributed by atoms with van der Waals surface area (Å²) >= 11 is 1.89. The molecule has 0 radical (unpaired) electrons. The summed E-state index contributed by atoms with van der Waals surface area (Å²) in [4.78, 5) is 2.85. The Morgan fingerprint density at radius 3 is 3.15 bits per heavy atom. The predicted octanol–water partition coefficient (Wildman–Crippen LogP) is 3.07. The van der Waals surface area contributed by atoms with Gasteiger partial charge in [0.1, 0.15) is 0 Å². The summed E-state index contributed by atoms with van der Waals surface area (Å²) in [5.74, 6) is 0. The van der Waals surface area contributed by atoms with Crippen molar-refractivity contribution in [2.45, 2.75) is 45.1 Å². The fourth-order valence-corrected chi connectivity index (χ4v) is 3.14. The van der Waals surface area contributed by atoms with E-state index in [0.717, 1.165) is 12.8 Å². The van der Waals surface area contributed by atoms with Gasteiger partial charge >= 0.3 is 0 Å². The maximum atomic E-state index is 9.86. The van der Waals surface area contributed by atoms with E-state index in [9.17, 15) is 5.11 Å². The lowest BCUT2D eigenvalue weighted by molar-refractivity contribution is 0.167. The summed E-state index contributed by atoms with van der Waals surface area (Å²) in [5.41, 5.74) is 1.22. The first-order valence-corrected chi connectivity index (χ1v) is 5.92. The van der Waals surface area contributed by atoms with Crippen molar-refractivity contribution in [1.82, 2.24) is 0 Å². The fourth-order valence-electron chi connectivity index (χ4n) is 1.93. The molecule has 0 saturated heterocycles. The Labute approximate surface area is 83.4 Å². The molecule has 0 aromatic carbocycles. The smallest absolute Gasteiger partial charge is 0.0800 e. The molecule has 1 aromatic heterocycles. The van der Waals surface area contributed by atoms with Crippen molar-refractivity contribution in [1.29, 1.82) is 0 Å². The number of aliphatic hydroxyl groups is 1. The summed E-state index contributed by atoms with van der Waals surface area (Å²) < 4.78 is 0. The fraction of sp³-hybridized carbons (Fsp3) is 0.636. The third-order valence-electron chi connectivity index (χ3n) is 2.73. The minimum atomic E-state index is -0.186. The van der Waals surface area contributed by atoms with E-state index in [2.05, 4.69) is 13.0 Å². The molecule has 0 bridgehead atoms. The molecule has 72 valence electrons. The van der Waals surface area contributed by atoms with E-state index < -0.39 is 0 Å². The molecular weight excluding hydrogens is 180 g/mol. The largest absolute Gasteiger partial charge is 0.388 e. The van der Waals surface area contributed by atoms with E-state index in [1.54, 1.807) is 0 Å². The van der Waals surface area contributed by atoms with Crippen molar-refractivity contribution >= 4 is 11.3 Å². The molecule has 13 heavy (non-hydrogen) atoms. The van der Waals surface area contributed by atoms with Gasteiger partial charge in [0.05, 0.1) is 6.10 Å². The Kier molecular flexibility index (Phi) is 2.70. The molecule has 0 saturated carbocycles. The minimum Gasteiger partial charge on any atom is -0.388 e. The minimum absolute atomic E-state index is 0.186. The van der Waals surface area contributed by atoms with Crippen LogP contribution in [-0.2, 0) is 12.8 Å². The van der Waals surface area contributed by atoms with Crippen LogP contribution in [0.15, 0.2) is 6.07 Å². The second-order valence-corrected chi connectivity index (χ2v) is 4.93. The second-order valence-electron chi connectivity index (χ2n) is 3.71. The van der Waals surface area contributed by atoms with Gasteiger partial charge in [-0.05, 0) is 37.3 Å². The molecule has 2 heteroatoms. The van der Waals surface area contributed by atoms with Crippen LogP contribution in [-0.4, -0.2) is 5.11 Å². The van der Waals surface area contributed by atoms with E-state index in [1.165, 1.54) is 34.6 Å². The zero-order valence-electron chi connectivity index (χ0n) is 8.05. The lowest BCUT2D eigenvalue weighted by atomic mass is 10.1. The molecule has 1 N–H and O–H groups in total. The molecule has 1 unspecified atom stereocenters. The average molecular weight is 196 g/mol. The van der Waals surface area contributed by atoms with Gasteiger partial charge in [-0.1, -0.05) is 13.3 Å². The third kappa shape index (κ3) is 1.79. The highest BCUT2D eigenvalue weighted by Gasteiger charge is 2.18. The maximum absolute atomic E-state index is 9.86. The van der Waals surface area contributed by atoms with Crippen molar-refractivity contribution in [3.63, 3.8) is 0 Å². The number of rotatable bonds is 1. The molecule has 1 nitrogen and oxygen atoms in total. The summed E-state index contributed by atoms with van der Waals surface area (Å²) in [5, 5.41) is 9.86. The molecule has 0 aliphatic heterocycles. The number of aliphatic hydroxyl groups excluding tert-OH is 1. The van der Waals surface area contributed by atoms with Gasteiger partial charge in [-0.2, -0.15) is 0 Å². The molecule has 1 aliphatic rings. The first kappa shape index (κ1) is 9.22. The van der Waals surface area contributed by atoms with Gasteiger partial charge in [0.25, 0.3) is 0 Å². The highest BCUT2D eigenvalue weighted by Crippen LogP contribution is 2.34. The Morgan fingerprint density at radius 2 is 2.38 bits per heavy atom. The van der Waals surface area contributed by atoms with Crippen molar-refractivity contribution in [3.05, 3.63) is 21.4 Å². The number of hydrogen-bond acceptors (Lipinski definition) is 2. The summed E-state index contributed by atoms with van der Waals surface area (Å²) in [6.45, 7) is 2.18. The van der Waals surface area contributed by atoms with E-state index >= 15 is 0 Å². The molecule has 0 fully saturated rings. The zero-order chi connectivity index (χ0) is 9.26. The molecule has 1 aliphatic carbocycles. The highest BCUT2D eigenvalue weighted by molar-refractivity contribution is 7.12. The van der Waals surface area contributed by atoms with Crippen LogP contribution in [0.3, 0.4) is 0 Å². The van der Waals surface area contributed by atoms with Gasteiger partial charge in [0, 0.05) is 9.75 Å². The SMILES string of the molecule is CCc1cc2c(s1)CCCCC2O. The highest BCUT2D eigenvalue weighted by atomic mass is 32.1. The topological polar surface area (TPSA) is 20.2 Å². The van der Waals surface area contributed by atoms with Crippen LogP contribution < -0.4 is 0 Å². The third-order valence-corrected chi connectivity index (χ3v) is 4.09. The zero-order valence-corrected chi connectivity index (χ0v) is 8.86. The van der Waals surface area contributed by atoms with Crippen LogP contribution in [0, 0.1) is 0 Å². The molecule has 1 heterocycles. The van der Waals surface area contributed by atoms with Crippen molar-refractivity contribution in [2.75, 3.05) is 0 Å². The van der Waals surface area contributed by atoms with E-state index in [0.29, 0.717) is 0 Å². The normalized spacial score (nSPS) is 22.5. The van der Waals surface area contributed by atoms with Crippen molar-refractivity contribution < 1.29 is 5.11 Å². The van der Waals surface area contributed by atoms with E-state index in [-0.39, 0.29) is 6.10 Å². The van der Waals surface area contributed by atoms with Gasteiger partial charge in [-0.3, -0.25) is 0 Å². The lowest BCUT2D eigenvalue weighted by Gasteiger charge is -2.05. The van der Waals surface area contributed by atoms with Gasteiger partial charge in [0.15, 0.2) is 0 Å². The molecule has 2 rings (SSSR count). The van der Waals surface area contributed by atoms with Crippen molar-refractivity contribution in [2.24, 2.45) is 0 Å². The summed E-state index contributed by atoms with van der Waals surface area (Å²) in [6, 6.07) is 2.20. The van der Waals surface area contributed by atoms with Crippen LogP contribution in [0.25, 0.3) is 0 Å². The first-order chi connectivity index (χ1) is 6.31. The summed E-state index contributed by atoms with van der Waals surface area (Å²) in [7, 11) is 0. The van der Waals surface area contributed by atoms with Gasteiger partial charge in [0.2, 0.25) is 0 Å². The number of hydrogen-bond donors (Lipinski definition) is 1. The molecule has 0 amide bonds. The Balaban J connectivity index is 2.33. The summed E-state index contributed by atoms with van der Waals surface area (Å²) in [6.07, 6.45) is 5.46. The van der Waals surface area contributed by atoms with Crippen LogP contribution in [0.4, 0.5) is 0 Å². The predicted molar refractivity (Wildman–Crippen MR) is 56.2 cm³/mol. The van der Waals surface area contributed by atoms with Crippen LogP contribution in [0.1, 0.15) is 47.6 Å². The van der Waals surface area contributed by atoms with Gasteiger partial charge < -0.3 is 5.11 Å². The Hall–Kier alpha value is -0.340. The molecular formula is C11H16OS. The van der Waals surface area contributed by atoms with Gasteiger partial charge in [-0.25, -0.2) is 0 Å². The van der Waals surface area contributed by atoms with Crippen LogP contribution in [0.2, 0.25) is 0 Å². The lowest BCUT2D eigenvalue weighted by Crippen LogP contribution is -1.94. The second kappa shape index (κ2) is 3.81. The van der Waals surface area contributed by atoms with E-state index in [1.807, 2.05) is 11.3 Å². The van der Waals surface area contributed by atoms with E-state index in [4.69, 9.17) is 0 Å². The number of fused-ring (bicyclic) bond motifs is 1. The number of aryl methyl sites for hydroxylation is 2. The van der Waals surface area contributed by atoms with Crippen LogP contribution in [0.5, 0.6) is 0 Å². The molecule has 0 spiro atoms. The maximum Gasteiger partial charge on any atom is 0.0800 e. The van der Waals surface area contributed by atoms with Crippen LogP contribution >= 0.6 is 11.3 Å². The Morgan fingerprint density at radius 1 is 1.54 bits per heavy atom. The Bertz CT molecular complexity index is 290. The first-order valence-electron chi connectivity index (χ1n) is 5.10. The van der Waals surface area contributed by atoms with Gasteiger partial charge in [-0.15, -0.1) is 11.3 Å². The standard InChI is InChI=1S/C11H16OS/c1-2-8-7-9-10(12)5-3-4-6-11(9)13-8/h7,10,12H,2-6H2,1H3.